The van der Waals surface area contributed by atoms with Crippen molar-refractivity contribution < 1.29 is 9.47 Å². The van der Waals surface area contributed by atoms with E-state index in [-0.39, 0.29) is 0 Å². The first-order valence-corrected chi connectivity index (χ1v) is 10.1. The van der Waals surface area contributed by atoms with Gasteiger partial charge in [0.2, 0.25) is 5.88 Å². The summed E-state index contributed by atoms with van der Waals surface area (Å²) >= 11 is 0. The van der Waals surface area contributed by atoms with E-state index in [1.807, 2.05) is 48.1 Å². The summed E-state index contributed by atoms with van der Waals surface area (Å²) in [6.07, 6.45) is 3.61. The fourth-order valence-corrected chi connectivity index (χ4v) is 3.76. The van der Waals surface area contributed by atoms with Gasteiger partial charge in [-0.15, -0.1) is 5.10 Å². The van der Waals surface area contributed by atoms with Crippen molar-refractivity contribution in [3.05, 3.63) is 48.9 Å². The number of imidazole rings is 1. The van der Waals surface area contributed by atoms with Crippen LogP contribution in [0.3, 0.4) is 0 Å². The maximum Gasteiger partial charge on any atom is 0.254 e. The number of methoxy groups -OCH3 is 1. The van der Waals surface area contributed by atoms with Crippen LogP contribution < -0.4 is 9.64 Å². The molecule has 4 heterocycles. The van der Waals surface area contributed by atoms with Gasteiger partial charge in [-0.1, -0.05) is 36.9 Å². The number of aryl methyl sites for hydroxylation is 1. The van der Waals surface area contributed by atoms with Crippen molar-refractivity contribution in [2.75, 3.05) is 38.3 Å². The average Bonchev–Trinajstić information content (AvgIpc) is 3.41. The second-order valence-electron chi connectivity index (χ2n) is 7.21. The predicted molar refractivity (Wildman–Crippen MR) is 119 cm³/mol. The van der Waals surface area contributed by atoms with Crippen LogP contribution in [0.25, 0.3) is 34.3 Å². The molecule has 5 rings (SSSR count). The van der Waals surface area contributed by atoms with E-state index < -0.39 is 0 Å². The van der Waals surface area contributed by atoms with Gasteiger partial charge in [0, 0.05) is 26.3 Å². The summed E-state index contributed by atoms with van der Waals surface area (Å²) < 4.78 is 14.6. The number of benzene rings is 1. The first-order chi connectivity index (χ1) is 15.2. The largest absolute Gasteiger partial charge is 0.479 e. The Hall–Kier alpha value is -3.72. The number of ether oxygens (including phenoxy) is 2. The van der Waals surface area contributed by atoms with Gasteiger partial charge in [0.15, 0.2) is 17.0 Å². The SMILES string of the molecule is C=Cc1nc2c(N3CCOCC3)nc(-n3cc(-c4ccccc4)c(OC)n3)nc2n1C. The molecule has 0 spiro atoms. The minimum atomic E-state index is 0.452. The van der Waals surface area contributed by atoms with Crippen LogP contribution in [0.2, 0.25) is 0 Å². The molecule has 31 heavy (non-hydrogen) atoms. The average molecular weight is 417 g/mol. The molecule has 0 radical (unpaired) electrons. The summed E-state index contributed by atoms with van der Waals surface area (Å²) in [5.41, 5.74) is 3.34. The Labute approximate surface area is 179 Å². The fourth-order valence-electron chi connectivity index (χ4n) is 3.76. The number of hydrogen-bond donors (Lipinski definition) is 0. The van der Waals surface area contributed by atoms with Crippen LogP contribution in [0.4, 0.5) is 5.82 Å². The fraction of sp³-hybridized carbons (Fsp3) is 0.273. The van der Waals surface area contributed by atoms with Crippen LogP contribution >= 0.6 is 0 Å². The summed E-state index contributed by atoms with van der Waals surface area (Å²) in [6, 6.07) is 9.98. The van der Waals surface area contributed by atoms with Crippen LogP contribution in [-0.4, -0.2) is 62.7 Å². The zero-order valence-corrected chi connectivity index (χ0v) is 17.5. The van der Waals surface area contributed by atoms with Gasteiger partial charge >= 0.3 is 0 Å². The van der Waals surface area contributed by atoms with E-state index in [4.69, 9.17) is 24.4 Å². The molecule has 3 aromatic heterocycles. The standard InChI is InChI=1S/C22H23N7O2/c1-4-17-23-18-19(27(17)2)24-22(25-20(18)28-10-12-31-13-11-28)29-14-16(21(26-29)30-3)15-8-6-5-7-9-15/h4-9,14H,1,10-13H2,2-3H3. The van der Waals surface area contributed by atoms with E-state index in [2.05, 4.69) is 16.6 Å². The third kappa shape index (κ3) is 3.32. The van der Waals surface area contributed by atoms with Gasteiger partial charge in [0.25, 0.3) is 5.95 Å². The van der Waals surface area contributed by atoms with Crippen molar-refractivity contribution in [2.24, 2.45) is 7.05 Å². The lowest BCUT2D eigenvalue weighted by atomic mass is 10.1. The third-order valence-electron chi connectivity index (χ3n) is 5.38. The first-order valence-electron chi connectivity index (χ1n) is 10.1. The van der Waals surface area contributed by atoms with Gasteiger partial charge in [0.1, 0.15) is 5.82 Å². The quantitative estimate of drug-likeness (QED) is 0.494. The van der Waals surface area contributed by atoms with Crippen molar-refractivity contribution in [3.8, 4) is 23.0 Å². The van der Waals surface area contributed by atoms with Gasteiger partial charge in [-0.2, -0.15) is 9.97 Å². The maximum absolute atomic E-state index is 5.54. The van der Waals surface area contributed by atoms with Crippen molar-refractivity contribution >= 4 is 23.1 Å². The van der Waals surface area contributed by atoms with E-state index in [1.165, 1.54) is 0 Å². The van der Waals surface area contributed by atoms with E-state index in [1.54, 1.807) is 17.9 Å². The molecule has 9 nitrogen and oxygen atoms in total. The van der Waals surface area contributed by atoms with E-state index >= 15 is 0 Å². The molecule has 1 fully saturated rings. The first kappa shape index (κ1) is 19.3. The second-order valence-corrected chi connectivity index (χ2v) is 7.21. The van der Waals surface area contributed by atoms with Crippen molar-refractivity contribution in [1.29, 1.82) is 0 Å². The molecule has 0 aliphatic carbocycles. The Morgan fingerprint density at radius 2 is 1.87 bits per heavy atom. The summed E-state index contributed by atoms with van der Waals surface area (Å²) in [4.78, 5) is 16.5. The Kier molecular flexibility index (Phi) is 4.87. The normalized spacial score (nSPS) is 14.2. The molecule has 158 valence electrons. The Morgan fingerprint density at radius 1 is 1.10 bits per heavy atom. The number of fused-ring (bicyclic) bond motifs is 1. The molecule has 1 aromatic carbocycles. The van der Waals surface area contributed by atoms with Crippen molar-refractivity contribution in [3.63, 3.8) is 0 Å². The summed E-state index contributed by atoms with van der Waals surface area (Å²) in [5, 5.41) is 4.60. The van der Waals surface area contributed by atoms with E-state index in [9.17, 15) is 0 Å². The number of nitrogens with zero attached hydrogens (tertiary/aromatic N) is 7. The number of hydrogen-bond acceptors (Lipinski definition) is 7. The molecule has 9 heteroatoms. The summed E-state index contributed by atoms with van der Waals surface area (Å²) in [7, 11) is 3.53. The highest BCUT2D eigenvalue weighted by atomic mass is 16.5. The topological polar surface area (TPSA) is 83.1 Å². The Bertz CT molecular complexity index is 1240. The molecule has 1 aliphatic heterocycles. The van der Waals surface area contributed by atoms with Gasteiger partial charge in [-0.25, -0.2) is 9.67 Å². The maximum atomic E-state index is 5.54. The van der Waals surface area contributed by atoms with Crippen LogP contribution in [-0.2, 0) is 11.8 Å². The molecule has 0 bridgehead atoms. The minimum Gasteiger partial charge on any atom is -0.479 e. The molecule has 0 atom stereocenters. The highest BCUT2D eigenvalue weighted by Crippen LogP contribution is 2.31. The highest BCUT2D eigenvalue weighted by Gasteiger charge is 2.23. The molecule has 0 N–H and O–H groups in total. The number of morpholine rings is 1. The zero-order chi connectivity index (χ0) is 21.4. The number of anilines is 1. The lowest BCUT2D eigenvalue weighted by Crippen LogP contribution is -2.37. The zero-order valence-electron chi connectivity index (χ0n) is 17.5. The minimum absolute atomic E-state index is 0.452. The molecule has 0 saturated carbocycles. The lowest BCUT2D eigenvalue weighted by molar-refractivity contribution is 0.122. The number of rotatable bonds is 5. The molecule has 1 aliphatic rings. The second kappa shape index (κ2) is 7.84. The lowest BCUT2D eigenvalue weighted by Gasteiger charge is -2.28. The predicted octanol–water partition coefficient (Wildman–Crippen LogP) is 2.70. The molecular formula is C22H23N7O2. The summed E-state index contributed by atoms with van der Waals surface area (Å²) in [5.74, 6) is 2.47. The highest BCUT2D eigenvalue weighted by molar-refractivity contribution is 5.86. The van der Waals surface area contributed by atoms with Gasteiger partial charge in [-0.05, 0) is 11.6 Å². The van der Waals surface area contributed by atoms with Gasteiger partial charge in [0.05, 0.1) is 25.9 Å². The molecule has 0 amide bonds. The summed E-state index contributed by atoms with van der Waals surface area (Å²) in [6.45, 7) is 6.65. The Morgan fingerprint density at radius 3 is 2.58 bits per heavy atom. The van der Waals surface area contributed by atoms with Crippen molar-refractivity contribution in [2.45, 2.75) is 0 Å². The van der Waals surface area contributed by atoms with Crippen LogP contribution in [0.15, 0.2) is 43.1 Å². The van der Waals surface area contributed by atoms with E-state index in [0.29, 0.717) is 25.0 Å². The smallest absolute Gasteiger partial charge is 0.254 e. The monoisotopic (exact) mass is 417 g/mol. The van der Waals surface area contributed by atoms with Crippen LogP contribution in [0.1, 0.15) is 5.82 Å². The number of aromatic nitrogens is 6. The molecule has 4 aromatic rings. The third-order valence-corrected chi connectivity index (χ3v) is 5.38. The van der Waals surface area contributed by atoms with Gasteiger partial charge in [-0.3, -0.25) is 0 Å². The molecular weight excluding hydrogens is 394 g/mol. The van der Waals surface area contributed by atoms with E-state index in [0.717, 1.165) is 47.0 Å². The van der Waals surface area contributed by atoms with Crippen LogP contribution in [0.5, 0.6) is 5.88 Å². The molecule has 1 saturated heterocycles. The molecule has 0 unspecified atom stereocenters. The van der Waals surface area contributed by atoms with Crippen LogP contribution in [0, 0.1) is 0 Å². The Balaban J connectivity index is 1.69. The van der Waals surface area contributed by atoms with Gasteiger partial charge < -0.3 is 18.9 Å². The van der Waals surface area contributed by atoms with Crippen molar-refractivity contribution in [1.82, 2.24) is 29.3 Å².